The molecular formula is C16H21N5O2. The number of carbonyl (C=O) groups is 1. The number of pyridine rings is 1. The molecule has 0 bridgehead atoms. The lowest BCUT2D eigenvalue weighted by Crippen LogP contribution is -2.48. The van der Waals surface area contributed by atoms with E-state index in [0.717, 1.165) is 18.7 Å². The predicted molar refractivity (Wildman–Crippen MR) is 83.4 cm³/mol. The number of hydrogen-bond acceptors (Lipinski definition) is 6. The van der Waals surface area contributed by atoms with Gasteiger partial charge >= 0.3 is 0 Å². The van der Waals surface area contributed by atoms with Crippen LogP contribution in [0.2, 0.25) is 0 Å². The van der Waals surface area contributed by atoms with Crippen LogP contribution in [0.5, 0.6) is 0 Å². The summed E-state index contributed by atoms with van der Waals surface area (Å²) >= 11 is 0. The van der Waals surface area contributed by atoms with Crippen molar-refractivity contribution in [3.8, 4) is 0 Å². The van der Waals surface area contributed by atoms with Gasteiger partial charge in [-0.05, 0) is 25.5 Å². The Kier molecular flexibility index (Phi) is 4.12. The van der Waals surface area contributed by atoms with E-state index in [1.165, 1.54) is 6.92 Å². The molecule has 1 N–H and O–H groups in total. The van der Waals surface area contributed by atoms with Crippen LogP contribution in [0, 0.1) is 6.92 Å². The third-order valence-electron chi connectivity index (χ3n) is 4.33. The number of aromatic nitrogens is 3. The number of nitrogens with one attached hydrogen (secondary N) is 1. The van der Waals surface area contributed by atoms with Gasteiger partial charge in [0.25, 0.3) is 0 Å². The van der Waals surface area contributed by atoms with Crippen LogP contribution in [0.4, 0.5) is 0 Å². The van der Waals surface area contributed by atoms with E-state index in [1.807, 2.05) is 18.2 Å². The molecule has 2 unspecified atom stereocenters. The number of likely N-dealkylation sites (tertiary alicyclic amines) is 1. The summed E-state index contributed by atoms with van der Waals surface area (Å²) in [4.78, 5) is 22.8. The molecule has 7 heteroatoms. The Morgan fingerprint density at radius 2 is 2.30 bits per heavy atom. The molecule has 122 valence electrons. The van der Waals surface area contributed by atoms with E-state index < -0.39 is 5.54 Å². The highest BCUT2D eigenvalue weighted by Gasteiger charge is 2.45. The lowest BCUT2D eigenvalue weighted by molar-refractivity contribution is -0.121. The number of carbonyl (C=O) groups excluding carboxylic acids is 1. The van der Waals surface area contributed by atoms with Crippen LogP contribution in [0.3, 0.4) is 0 Å². The molecule has 1 saturated heterocycles. The summed E-state index contributed by atoms with van der Waals surface area (Å²) in [7, 11) is 0. The zero-order valence-electron chi connectivity index (χ0n) is 13.6. The average Bonchev–Trinajstić information content (AvgIpc) is 3.14. The monoisotopic (exact) mass is 315 g/mol. The first-order chi connectivity index (χ1) is 11.0. The molecule has 7 nitrogen and oxygen atoms in total. The Balaban J connectivity index is 1.85. The second-order valence-electron chi connectivity index (χ2n) is 6.05. The van der Waals surface area contributed by atoms with Gasteiger partial charge in [0.05, 0.1) is 5.69 Å². The van der Waals surface area contributed by atoms with Crippen molar-refractivity contribution < 1.29 is 9.32 Å². The van der Waals surface area contributed by atoms with Crippen molar-refractivity contribution in [3.63, 3.8) is 0 Å². The molecule has 2 aromatic heterocycles. The van der Waals surface area contributed by atoms with Crippen molar-refractivity contribution >= 4 is 5.91 Å². The lowest BCUT2D eigenvalue weighted by atomic mass is 9.97. The smallest absolute Gasteiger partial charge is 0.223 e. The minimum absolute atomic E-state index is 0.0974. The first-order valence-electron chi connectivity index (χ1n) is 7.75. The third-order valence-corrected chi connectivity index (χ3v) is 4.33. The van der Waals surface area contributed by atoms with Gasteiger partial charge in [0.1, 0.15) is 5.54 Å². The van der Waals surface area contributed by atoms with Gasteiger partial charge < -0.3 is 9.84 Å². The largest absolute Gasteiger partial charge is 0.342 e. The summed E-state index contributed by atoms with van der Waals surface area (Å²) in [5.41, 5.74) is 0.405. The molecule has 0 aliphatic carbocycles. The van der Waals surface area contributed by atoms with Crippen LogP contribution < -0.4 is 5.32 Å². The van der Waals surface area contributed by atoms with E-state index >= 15 is 0 Å². The van der Waals surface area contributed by atoms with Crippen LogP contribution in [-0.2, 0) is 10.3 Å². The highest BCUT2D eigenvalue weighted by atomic mass is 16.5. The molecule has 1 amide bonds. The minimum atomic E-state index is -0.605. The maximum atomic E-state index is 11.7. The molecular weight excluding hydrogens is 294 g/mol. The summed E-state index contributed by atoms with van der Waals surface area (Å²) < 4.78 is 5.12. The molecule has 1 aliphatic heterocycles. The quantitative estimate of drug-likeness (QED) is 0.922. The fourth-order valence-electron chi connectivity index (χ4n) is 3.15. The number of rotatable bonds is 4. The van der Waals surface area contributed by atoms with E-state index in [2.05, 4.69) is 32.3 Å². The van der Waals surface area contributed by atoms with Gasteiger partial charge in [0.15, 0.2) is 5.82 Å². The fraction of sp³-hybridized carbons (Fsp3) is 0.500. The maximum absolute atomic E-state index is 11.7. The van der Waals surface area contributed by atoms with Crippen LogP contribution in [0.25, 0.3) is 0 Å². The van der Waals surface area contributed by atoms with Gasteiger partial charge in [0, 0.05) is 39.2 Å². The van der Waals surface area contributed by atoms with Crippen LogP contribution in [0.1, 0.15) is 43.7 Å². The number of nitrogens with zero attached hydrogens (tertiary/aromatic N) is 4. The van der Waals surface area contributed by atoms with Crippen molar-refractivity contribution in [1.29, 1.82) is 0 Å². The normalized spacial score (nSPS) is 22.9. The Morgan fingerprint density at radius 1 is 1.48 bits per heavy atom. The highest BCUT2D eigenvalue weighted by molar-refractivity contribution is 5.74. The summed E-state index contributed by atoms with van der Waals surface area (Å²) in [6, 6.07) is 6.06. The summed E-state index contributed by atoms with van der Waals surface area (Å²) in [5, 5.41) is 7.08. The fourth-order valence-corrected chi connectivity index (χ4v) is 3.15. The molecule has 1 fully saturated rings. The molecule has 3 heterocycles. The first kappa shape index (κ1) is 15.6. The van der Waals surface area contributed by atoms with Crippen LogP contribution in [-0.4, -0.2) is 39.0 Å². The molecule has 0 radical (unpaired) electrons. The van der Waals surface area contributed by atoms with E-state index in [0.29, 0.717) is 18.3 Å². The minimum Gasteiger partial charge on any atom is -0.342 e. The standard InChI is InChI=1S/C16H21N5O2/c1-11(14-6-4-5-8-17-14)21-9-7-16(10-21,19-12(2)22)15-18-13(3)23-20-15/h4-6,8,11H,7,9-10H2,1-3H3,(H,19,22). The zero-order valence-corrected chi connectivity index (χ0v) is 13.6. The average molecular weight is 315 g/mol. The molecule has 2 atom stereocenters. The second kappa shape index (κ2) is 6.08. The van der Waals surface area contributed by atoms with Crippen LogP contribution in [0.15, 0.2) is 28.9 Å². The number of aryl methyl sites for hydroxylation is 1. The Labute approximate surface area is 135 Å². The third kappa shape index (κ3) is 3.10. The first-order valence-corrected chi connectivity index (χ1v) is 7.75. The SMILES string of the molecule is CC(=O)NC1(c2noc(C)n2)CCN(C(C)c2ccccn2)C1. The van der Waals surface area contributed by atoms with Gasteiger partial charge in [0.2, 0.25) is 11.8 Å². The van der Waals surface area contributed by atoms with E-state index in [-0.39, 0.29) is 11.9 Å². The number of hydrogen-bond donors (Lipinski definition) is 1. The van der Waals surface area contributed by atoms with Crippen molar-refractivity contribution in [2.45, 2.75) is 38.8 Å². The van der Waals surface area contributed by atoms with Crippen LogP contribution >= 0.6 is 0 Å². The Morgan fingerprint density at radius 3 is 2.91 bits per heavy atom. The predicted octanol–water partition coefficient (Wildman–Crippen LogP) is 1.57. The van der Waals surface area contributed by atoms with Crippen molar-refractivity contribution in [1.82, 2.24) is 25.3 Å². The Hall–Kier alpha value is -2.28. The Bertz CT molecular complexity index is 687. The summed E-state index contributed by atoms with van der Waals surface area (Å²) in [5.74, 6) is 0.946. The molecule has 2 aromatic rings. The van der Waals surface area contributed by atoms with Gasteiger partial charge in [-0.15, -0.1) is 0 Å². The van der Waals surface area contributed by atoms with Gasteiger partial charge in [-0.1, -0.05) is 11.2 Å². The molecule has 0 spiro atoms. The van der Waals surface area contributed by atoms with Crippen molar-refractivity contribution in [2.24, 2.45) is 0 Å². The summed E-state index contributed by atoms with van der Waals surface area (Å²) in [6.07, 6.45) is 2.54. The van der Waals surface area contributed by atoms with Gasteiger partial charge in [-0.3, -0.25) is 14.7 Å². The molecule has 0 aromatic carbocycles. The molecule has 23 heavy (non-hydrogen) atoms. The van der Waals surface area contributed by atoms with E-state index in [1.54, 1.807) is 13.1 Å². The lowest BCUT2D eigenvalue weighted by Gasteiger charge is -2.29. The van der Waals surface area contributed by atoms with Gasteiger partial charge in [-0.25, -0.2) is 0 Å². The van der Waals surface area contributed by atoms with E-state index in [4.69, 9.17) is 4.52 Å². The van der Waals surface area contributed by atoms with Gasteiger partial charge in [-0.2, -0.15) is 4.98 Å². The molecule has 1 aliphatic rings. The van der Waals surface area contributed by atoms with E-state index in [9.17, 15) is 4.79 Å². The number of amides is 1. The molecule has 0 saturated carbocycles. The zero-order chi connectivity index (χ0) is 16.4. The second-order valence-corrected chi connectivity index (χ2v) is 6.05. The highest BCUT2D eigenvalue weighted by Crippen LogP contribution is 2.34. The maximum Gasteiger partial charge on any atom is 0.223 e. The van der Waals surface area contributed by atoms with Crippen molar-refractivity contribution in [3.05, 3.63) is 41.8 Å². The topological polar surface area (TPSA) is 84.2 Å². The molecule has 3 rings (SSSR count). The summed E-state index contributed by atoms with van der Waals surface area (Å²) in [6.45, 7) is 6.84. The van der Waals surface area contributed by atoms with Crippen molar-refractivity contribution in [2.75, 3.05) is 13.1 Å².